The summed E-state index contributed by atoms with van der Waals surface area (Å²) in [6.07, 6.45) is 3.91. The van der Waals surface area contributed by atoms with Crippen LogP contribution in [0.5, 0.6) is 11.5 Å². The molecule has 1 saturated carbocycles. The molecule has 4 nitrogen and oxygen atoms in total. The Morgan fingerprint density at radius 3 is 2.90 bits per heavy atom. The zero-order valence-electron chi connectivity index (χ0n) is 11.6. The van der Waals surface area contributed by atoms with Crippen LogP contribution in [0.1, 0.15) is 24.8 Å². The number of phenolic OH excluding ortho intramolecular Hbond substituents is 1. The molecule has 1 aromatic carbocycles. The molecule has 1 aliphatic heterocycles. The van der Waals surface area contributed by atoms with Crippen LogP contribution in [0.4, 0.5) is 0 Å². The van der Waals surface area contributed by atoms with E-state index < -0.39 is 0 Å². The van der Waals surface area contributed by atoms with E-state index in [1.54, 1.807) is 12.1 Å². The molecule has 1 aliphatic carbocycles. The highest BCUT2D eigenvalue weighted by Crippen LogP contribution is 2.39. The Bertz CT molecular complexity index is 490. The summed E-state index contributed by atoms with van der Waals surface area (Å²) in [6.45, 7) is 1.39. The lowest BCUT2D eigenvalue weighted by atomic mass is 10.1. The van der Waals surface area contributed by atoms with E-state index in [0.717, 1.165) is 24.5 Å². The SMILES string of the molecule is COc1cc(Cl)cc(CNC2CCOC2C2CC2)c1O. The molecule has 1 saturated heterocycles. The van der Waals surface area contributed by atoms with Gasteiger partial charge in [0.25, 0.3) is 0 Å². The van der Waals surface area contributed by atoms with Gasteiger partial charge in [-0.15, -0.1) is 0 Å². The number of nitrogens with one attached hydrogen (secondary N) is 1. The summed E-state index contributed by atoms with van der Waals surface area (Å²) in [7, 11) is 1.52. The van der Waals surface area contributed by atoms with Crippen LogP contribution < -0.4 is 10.1 Å². The Hall–Kier alpha value is -0.970. The molecule has 20 heavy (non-hydrogen) atoms. The van der Waals surface area contributed by atoms with E-state index in [4.69, 9.17) is 21.1 Å². The standard InChI is InChI=1S/C15H20ClNO3/c1-19-13-7-11(16)6-10(14(13)18)8-17-12-4-5-20-15(12)9-2-3-9/h6-7,9,12,15,17-18H,2-5,8H2,1H3. The van der Waals surface area contributed by atoms with Crippen LogP contribution >= 0.6 is 11.6 Å². The first-order valence-corrected chi connectivity index (χ1v) is 7.47. The maximum Gasteiger partial charge on any atom is 0.162 e. The molecule has 0 aromatic heterocycles. The first-order valence-electron chi connectivity index (χ1n) is 7.09. The van der Waals surface area contributed by atoms with Crippen LogP contribution in [0.25, 0.3) is 0 Å². The molecular weight excluding hydrogens is 278 g/mol. The summed E-state index contributed by atoms with van der Waals surface area (Å²) < 4.78 is 10.9. The fourth-order valence-electron chi connectivity index (χ4n) is 2.88. The molecule has 2 aliphatic rings. The Labute approximate surface area is 124 Å². The molecule has 1 heterocycles. The van der Waals surface area contributed by atoms with Crippen LogP contribution in [0, 0.1) is 5.92 Å². The summed E-state index contributed by atoms with van der Waals surface area (Å²) >= 11 is 6.04. The van der Waals surface area contributed by atoms with Gasteiger partial charge >= 0.3 is 0 Å². The van der Waals surface area contributed by atoms with Crippen molar-refractivity contribution in [3.05, 3.63) is 22.7 Å². The van der Waals surface area contributed by atoms with Gasteiger partial charge in [0.05, 0.1) is 13.2 Å². The molecule has 2 fully saturated rings. The molecule has 2 N–H and O–H groups in total. The van der Waals surface area contributed by atoms with E-state index in [0.29, 0.717) is 29.5 Å². The van der Waals surface area contributed by atoms with Gasteiger partial charge in [0.1, 0.15) is 0 Å². The minimum absolute atomic E-state index is 0.159. The first-order chi connectivity index (χ1) is 9.69. The predicted octanol–water partition coefficient (Wildman–Crippen LogP) is 2.71. The van der Waals surface area contributed by atoms with E-state index in [-0.39, 0.29) is 5.75 Å². The Morgan fingerprint density at radius 1 is 1.40 bits per heavy atom. The van der Waals surface area contributed by atoms with E-state index in [2.05, 4.69) is 5.32 Å². The van der Waals surface area contributed by atoms with Gasteiger partial charge in [0, 0.05) is 35.8 Å². The Kier molecular flexibility index (Phi) is 4.06. The van der Waals surface area contributed by atoms with Crippen molar-refractivity contribution >= 4 is 11.6 Å². The predicted molar refractivity (Wildman–Crippen MR) is 77.4 cm³/mol. The van der Waals surface area contributed by atoms with E-state index in [1.807, 2.05) is 0 Å². The van der Waals surface area contributed by atoms with Crippen LogP contribution in [0.3, 0.4) is 0 Å². The molecule has 2 unspecified atom stereocenters. The van der Waals surface area contributed by atoms with Crippen LogP contribution in [-0.2, 0) is 11.3 Å². The smallest absolute Gasteiger partial charge is 0.162 e. The van der Waals surface area contributed by atoms with Crippen LogP contribution in [0.15, 0.2) is 12.1 Å². The Morgan fingerprint density at radius 2 is 2.20 bits per heavy atom. The number of rotatable bonds is 5. The molecule has 3 rings (SSSR count). The topological polar surface area (TPSA) is 50.7 Å². The highest BCUT2D eigenvalue weighted by molar-refractivity contribution is 6.30. The molecular formula is C15H20ClNO3. The number of aromatic hydroxyl groups is 1. The third-order valence-corrected chi connectivity index (χ3v) is 4.33. The summed E-state index contributed by atoms with van der Waals surface area (Å²) in [5.74, 6) is 1.29. The molecule has 0 bridgehead atoms. The number of halogens is 1. The lowest BCUT2D eigenvalue weighted by Gasteiger charge is -2.20. The lowest BCUT2D eigenvalue weighted by molar-refractivity contribution is 0.0808. The number of methoxy groups -OCH3 is 1. The summed E-state index contributed by atoms with van der Waals surface area (Å²) in [6, 6.07) is 3.76. The highest BCUT2D eigenvalue weighted by atomic mass is 35.5. The van der Waals surface area contributed by atoms with Gasteiger partial charge in [0.15, 0.2) is 11.5 Å². The van der Waals surface area contributed by atoms with Crippen molar-refractivity contribution in [2.75, 3.05) is 13.7 Å². The highest BCUT2D eigenvalue weighted by Gasteiger charge is 2.40. The van der Waals surface area contributed by atoms with Crippen molar-refractivity contribution in [1.29, 1.82) is 0 Å². The second-order valence-corrected chi connectivity index (χ2v) is 6.00. The fraction of sp³-hybridized carbons (Fsp3) is 0.600. The van der Waals surface area contributed by atoms with Crippen molar-refractivity contribution in [3.63, 3.8) is 0 Å². The molecule has 0 radical (unpaired) electrons. The van der Waals surface area contributed by atoms with Crippen molar-refractivity contribution < 1.29 is 14.6 Å². The number of hydrogen-bond acceptors (Lipinski definition) is 4. The van der Waals surface area contributed by atoms with Crippen molar-refractivity contribution in [3.8, 4) is 11.5 Å². The van der Waals surface area contributed by atoms with Crippen molar-refractivity contribution in [1.82, 2.24) is 5.32 Å². The largest absolute Gasteiger partial charge is 0.504 e. The lowest BCUT2D eigenvalue weighted by Crippen LogP contribution is -2.37. The summed E-state index contributed by atoms with van der Waals surface area (Å²) in [5.41, 5.74) is 0.760. The second-order valence-electron chi connectivity index (χ2n) is 5.56. The zero-order valence-corrected chi connectivity index (χ0v) is 12.3. The minimum atomic E-state index is 0.159. The van der Waals surface area contributed by atoms with Gasteiger partial charge in [-0.05, 0) is 31.2 Å². The van der Waals surface area contributed by atoms with Gasteiger partial charge < -0.3 is 19.9 Å². The van der Waals surface area contributed by atoms with E-state index in [1.165, 1.54) is 20.0 Å². The zero-order chi connectivity index (χ0) is 14.1. The number of phenols is 1. The molecule has 5 heteroatoms. The molecule has 2 atom stereocenters. The first kappa shape index (κ1) is 14.0. The average molecular weight is 298 g/mol. The number of ether oxygens (including phenoxy) is 2. The average Bonchev–Trinajstić information content (AvgIpc) is 3.18. The maximum atomic E-state index is 10.1. The van der Waals surface area contributed by atoms with Crippen LogP contribution in [0.2, 0.25) is 5.02 Å². The van der Waals surface area contributed by atoms with Gasteiger partial charge in [-0.25, -0.2) is 0 Å². The molecule has 0 spiro atoms. The fourth-order valence-corrected chi connectivity index (χ4v) is 3.11. The number of benzene rings is 1. The minimum Gasteiger partial charge on any atom is -0.504 e. The normalized spacial score (nSPS) is 25.9. The molecule has 0 amide bonds. The summed E-state index contributed by atoms with van der Waals surface area (Å²) in [5, 5.41) is 14.2. The number of hydrogen-bond donors (Lipinski definition) is 2. The van der Waals surface area contributed by atoms with E-state index in [9.17, 15) is 5.11 Å². The maximum absolute atomic E-state index is 10.1. The van der Waals surface area contributed by atoms with Gasteiger partial charge in [-0.1, -0.05) is 11.6 Å². The third-order valence-electron chi connectivity index (χ3n) is 4.12. The van der Waals surface area contributed by atoms with Gasteiger partial charge in [-0.2, -0.15) is 0 Å². The van der Waals surface area contributed by atoms with Crippen molar-refractivity contribution in [2.45, 2.75) is 38.0 Å². The van der Waals surface area contributed by atoms with E-state index >= 15 is 0 Å². The summed E-state index contributed by atoms with van der Waals surface area (Å²) in [4.78, 5) is 0. The Balaban J connectivity index is 1.67. The van der Waals surface area contributed by atoms with Gasteiger partial charge in [0.2, 0.25) is 0 Å². The van der Waals surface area contributed by atoms with Gasteiger partial charge in [-0.3, -0.25) is 0 Å². The molecule has 1 aromatic rings. The monoisotopic (exact) mass is 297 g/mol. The van der Waals surface area contributed by atoms with Crippen molar-refractivity contribution in [2.24, 2.45) is 5.92 Å². The van der Waals surface area contributed by atoms with Crippen LogP contribution in [-0.4, -0.2) is 31.0 Å². The second kappa shape index (κ2) is 5.80. The quantitative estimate of drug-likeness (QED) is 0.877. The molecule has 110 valence electrons. The third kappa shape index (κ3) is 2.87.